The summed E-state index contributed by atoms with van der Waals surface area (Å²) in [4.78, 5) is 20.5. The molecule has 2 aromatic heterocycles. The zero-order valence-electron chi connectivity index (χ0n) is 14.6. The molecule has 5 nitrogen and oxygen atoms in total. The summed E-state index contributed by atoms with van der Waals surface area (Å²) >= 11 is 0. The molecule has 5 heteroatoms. The van der Waals surface area contributed by atoms with Crippen molar-refractivity contribution in [2.24, 2.45) is 0 Å². The molecule has 0 saturated carbocycles. The van der Waals surface area contributed by atoms with E-state index in [-0.39, 0.29) is 5.91 Å². The molecule has 1 amide bonds. The minimum Gasteiger partial charge on any atom is -0.380 e. The van der Waals surface area contributed by atoms with Crippen molar-refractivity contribution in [1.82, 2.24) is 15.3 Å². The van der Waals surface area contributed by atoms with Crippen LogP contribution >= 0.6 is 0 Å². The lowest BCUT2D eigenvalue weighted by Crippen LogP contribution is -2.25. The van der Waals surface area contributed by atoms with E-state index in [0.29, 0.717) is 18.7 Å². The largest absolute Gasteiger partial charge is 0.380 e. The zero-order valence-corrected chi connectivity index (χ0v) is 14.6. The molecule has 0 saturated heterocycles. The molecular weight excluding hydrogens is 324 g/mol. The van der Waals surface area contributed by atoms with Gasteiger partial charge < -0.3 is 10.6 Å². The molecule has 0 spiro atoms. The van der Waals surface area contributed by atoms with Gasteiger partial charge in [-0.15, -0.1) is 0 Å². The van der Waals surface area contributed by atoms with Gasteiger partial charge in [-0.2, -0.15) is 0 Å². The third-order valence-corrected chi connectivity index (χ3v) is 4.02. The van der Waals surface area contributed by atoms with Crippen molar-refractivity contribution in [3.05, 3.63) is 90.0 Å². The molecule has 2 heterocycles. The maximum Gasteiger partial charge on any atom is 0.252 e. The van der Waals surface area contributed by atoms with Crippen LogP contribution < -0.4 is 10.6 Å². The smallest absolute Gasteiger partial charge is 0.252 e. The van der Waals surface area contributed by atoms with Crippen LogP contribution in [0.4, 0.5) is 5.69 Å². The Balaban J connectivity index is 1.46. The lowest BCUT2D eigenvalue weighted by atomic mass is 10.1. The molecular formula is C21H22N4O. The summed E-state index contributed by atoms with van der Waals surface area (Å²) in [6.45, 7) is 1.30. The highest BCUT2D eigenvalue weighted by atomic mass is 16.1. The number of nitrogens with zero attached hydrogens (tertiary/aromatic N) is 2. The van der Waals surface area contributed by atoms with Crippen molar-refractivity contribution >= 4 is 11.6 Å². The molecule has 2 N–H and O–H groups in total. The van der Waals surface area contributed by atoms with Gasteiger partial charge in [0.2, 0.25) is 0 Å². The molecule has 0 aliphatic heterocycles. The Morgan fingerprint density at radius 3 is 2.54 bits per heavy atom. The number of anilines is 1. The zero-order chi connectivity index (χ0) is 18.0. The van der Waals surface area contributed by atoms with Crippen molar-refractivity contribution < 1.29 is 4.79 Å². The van der Waals surface area contributed by atoms with Gasteiger partial charge in [-0.25, -0.2) is 0 Å². The number of aryl methyl sites for hydroxylation is 1. The van der Waals surface area contributed by atoms with Crippen molar-refractivity contribution in [1.29, 1.82) is 0 Å². The summed E-state index contributed by atoms with van der Waals surface area (Å²) in [5.41, 5.74) is 3.78. The lowest BCUT2D eigenvalue weighted by molar-refractivity contribution is 0.0953. The van der Waals surface area contributed by atoms with Gasteiger partial charge in [0.15, 0.2) is 0 Å². The van der Waals surface area contributed by atoms with E-state index in [4.69, 9.17) is 0 Å². The number of amides is 1. The van der Waals surface area contributed by atoms with E-state index in [2.05, 4.69) is 32.7 Å². The topological polar surface area (TPSA) is 66.9 Å². The number of hydrogen-bond acceptors (Lipinski definition) is 4. The van der Waals surface area contributed by atoms with Crippen LogP contribution in [0.3, 0.4) is 0 Å². The molecule has 132 valence electrons. The Hall–Kier alpha value is -3.21. The Morgan fingerprint density at radius 2 is 1.73 bits per heavy atom. The average molecular weight is 346 g/mol. The summed E-state index contributed by atoms with van der Waals surface area (Å²) in [5.74, 6) is -0.0990. The van der Waals surface area contributed by atoms with Crippen LogP contribution in [-0.2, 0) is 13.0 Å². The van der Waals surface area contributed by atoms with Gasteiger partial charge in [0.25, 0.3) is 5.91 Å². The molecule has 0 atom stereocenters. The third-order valence-electron chi connectivity index (χ3n) is 4.02. The van der Waals surface area contributed by atoms with E-state index in [1.54, 1.807) is 24.8 Å². The number of carbonyl (C=O) groups excluding carboxylic acids is 1. The Labute approximate surface area is 153 Å². The Kier molecular flexibility index (Phi) is 6.31. The Bertz CT molecular complexity index is 822. The number of pyridine rings is 2. The first-order chi connectivity index (χ1) is 12.8. The normalized spacial score (nSPS) is 10.3. The fourth-order valence-electron chi connectivity index (χ4n) is 2.61. The van der Waals surface area contributed by atoms with Gasteiger partial charge >= 0.3 is 0 Å². The second-order valence-electron chi connectivity index (χ2n) is 6.02. The van der Waals surface area contributed by atoms with Gasteiger partial charge in [-0.1, -0.05) is 30.3 Å². The van der Waals surface area contributed by atoms with Crippen LogP contribution in [0.15, 0.2) is 73.3 Å². The summed E-state index contributed by atoms with van der Waals surface area (Å²) in [6, 6.07) is 16.0. The fraction of sp³-hybridized carbons (Fsp3) is 0.190. The van der Waals surface area contributed by atoms with Crippen LogP contribution in [0.5, 0.6) is 0 Å². The highest BCUT2D eigenvalue weighted by Crippen LogP contribution is 2.10. The van der Waals surface area contributed by atoms with Gasteiger partial charge in [-0.3, -0.25) is 14.8 Å². The first kappa shape index (κ1) is 17.6. The van der Waals surface area contributed by atoms with E-state index < -0.39 is 0 Å². The van der Waals surface area contributed by atoms with Gasteiger partial charge in [-0.05, 0) is 42.2 Å². The quantitative estimate of drug-likeness (QED) is 0.613. The highest BCUT2D eigenvalue weighted by Gasteiger charge is 2.06. The van der Waals surface area contributed by atoms with E-state index in [0.717, 1.165) is 24.1 Å². The summed E-state index contributed by atoms with van der Waals surface area (Å²) in [7, 11) is 0. The predicted octanol–water partition coefficient (Wildman–Crippen LogP) is 3.45. The SMILES string of the molecule is O=C(NCCCc1ccccc1)c1cncc(NCc2ccncc2)c1. The number of nitrogens with one attached hydrogen (secondary N) is 2. The van der Waals surface area contributed by atoms with Gasteiger partial charge in [0.1, 0.15) is 0 Å². The molecule has 1 aromatic carbocycles. The van der Waals surface area contributed by atoms with E-state index >= 15 is 0 Å². The molecule has 0 bridgehead atoms. The number of aromatic nitrogens is 2. The standard InChI is InChI=1S/C21H22N4O/c26-21(24-10-4-7-17-5-2-1-3-6-17)19-13-20(16-23-15-19)25-14-18-8-11-22-12-9-18/h1-3,5-6,8-9,11-13,15-16,25H,4,7,10,14H2,(H,24,26). The molecule has 0 aliphatic carbocycles. The van der Waals surface area contributed by atoms with Crippen molar-refractivity contribution in [3.8, 4) is 0 Å². The van der Waals surface area contributed by atoms with E-state index in [1.165, 1.54) is 5.56 Å². The van der Waals surface area contributed by atoms with E-state index in [9.17, 15) is 4.79 Å². The summed E-state index contributed by atoms with van der Waals surface area (Å²) in [5, 5.41) is 6.23. The van der Waals surface area contributed by atoms with Crippen LogP contribution in [0.2, 0.25) is 0 Å². The van der Waals surface area contributed by atoms with Gasteiger partial charge in [0, 0.05) is 37.9 Å². The monoisotopic (exact) mass is 346 g/mol. The van der Waals surface area contributed by atoms with Crippen molar-refractivity contribution in [3.63, 3.8) is 0 Å². The number of rotatable bonds is 8. The molecule has 26 heavy (non-hydrogen) atoms. The minimum absolute atomic E-state index is 0.0990. The number of carbonyl (C=O) groups is 1. The van der Waals surface area contributed by atoms with Crippen LogP contribution in [0.25, 0.3) is 0 Å². The average Bonchev–Trinajstić information content (AvgIpc) is 2.71. The second kappa shape index (κ2) is 9.32. The Morgan fingerprint density at radius 1 is 0.923 bits per heavy atom. The fourth-order valence-corrected chi connectivity index (χ4v) is 2.61. The molecule has 0 aliphatic rings. The molecule has 0 radical (unpaired) electrons. The first-order valence-corrected chi connectivity index (χ1v) is 8.71. The first-order valence-electron chi connectivity index (χ1n) is 8.71. The van der Waals surface area contributed by atoms with Crippen molar-refractivity contribution in [2.45, 2.75) is 19.4 Å². The van der Waals surface area contributed by atoms with Crippen LogP contribution in [0.1, 0.15) is 27.9 Å². The minimum atomic E-state index is -0.0990. The second-order valence-corrected chi connectivity index (χ2v) is 6.02. The maximum absolute atomic E-state index is 12.3. The lowest BCUT2D eigenvalue weighted by Gasteiger charge is -2.09. The predicted molar refractivity (Wildman–Crippen MR) is 103 cm³/mol. The highest BCUT2D eigenvalue weighted by molar-refractivity contribution is 5.94. The van der Waals surface area contributed by atoms with Gasteiger partial charge in [0.05, 0.1) is 11.3 Å². The van der Waals surface area contributed by atoms with Crippen LogP contribution in [-0.4, -0.2) is 22.4 Å². The van der Waals surface area contributed by atoms with Crippen molar-refractivity contribution in [2.75, 3.05) is 11.9 Å². The third kappa shape index (κ3) is 5.41. The van der Waals surface area contributed by atoms with E-state index in [1.807, 2.05) is 36.4 Å². The number of benzene rings is 1. The molecule has 3 rings (SSSR count). The molecule has 0 fully saturated rings. The molecule has 0 unspecified atom stereocenters. The number of hydrogen-bond donors (Lipinski definition) is 2. The molecule has 3 aromatic rings. The van der Waals surface area contributed by atoms with Crippen LogP contribution in [0, 0.1) is 0 Å². The summed E-state index contributed by atoms with van der Waals surface area (Å²) < 4.78 is 0. The maximum atomic E-state index is 12.3. The summed E-state index contributed by atoms with van der Waals surface area (Å²) in [6.07, 6.45) is 8.68.